The average Bonchev–Trinajstić information content (AvgIpc) is 2.61. The zero-order valence-corrected chi connectivity index (χ0v) is 14.7. The molecular weight excluding hydrogens is 323 g/mol. The monoisotopic (exact) mass is 346 g/mol. The Balaban J connectivity index is 1.87. The molecule has 0 saturated carbocycles. The number of carbonyl (C=O) groups is 1. The highest BCUT2D eigenvalue weighted by Crippen LogP contribution is 2.20. The van der Waals surface area contributed by atoms with Crippen molar-refractivity contribution < 1.29 is 18.7 Å². The third-order valence-corrected chi connectivity index (χ3v) is 3.80. The highest BCUT2D eigenvalue weighted by molar-refractivity contribution is 5.77. The molecule has 0 bridgehead atoms. The number of ether oxygens (including phenoxy) is 2. The van der Waals surface area contributed by atoms with Gasteiger partial charge in [0, 0.05) is 6.54 Å². The number of hydrogen-bond donors (Lipinski definition) is 1. The molecule has 134 valence electrons. The third kappa shape index (κ3) is 5.76. The number of methoxy groups -OCH3 is 1. The summed E-state index contributed by atoms with van der Waals surface area (Å²) < 4.78 is 23.3. The van der Waals surface area contributed by atoms with Crippen molar-refractivity contribution in [2.45, 2.75) is 6.04 Å². The Morgan fingerprint density at radius 3 is 2.24 bits per heavy atom. The Morgan fingerprint density at radius 1 is 1.08 bits per heavy atom. The molecule has 6 heteroatoms. The first kappa shape index (κ1) is 18.7. The van der Waals surface area contributed by atoms with E-state index in [0.717, 1.165) is 11.3 Å². The largest absolute Gasteiger partial charge is 0.497 e. The van der Waals surface area contributed by atoms with Crippen LogP contribution in [0.2, 0.25) is 0 Å². The van der Waals surface area contributed by atoms with Crippen LogP contribution in [0.5, 0.6) is 11.5 Å². The van der Waals surface area contributed by atoms with E-state index in [1.807, 2.05) is 43.3 Å². The maximum atomic E-state index is 12.8. The fourth-order valence-electron chi connectivity index (χ4n) is 2.37. The van der Waals surface area contributed by atoms with Crippen LogP contribution in [0.1, 0.15) is 11.6 Å². The molecule has 0 saturated heterocycles. The summed E-state index contributed by atoms with van der Waals surface area (Å²) in [5.41, 5.74) is 1.07. The summed E-state index contributed by atoms with van der Waals surface area (Å²) >= 11 is 0. The van der Waals surface area contributed by atoms with Crippen LogP contribution in [-0.2, 0) is 4.79 Å². The molecule has 5 nitrogen and oxygen atoms in total. The van der Waals surface area contributed by atoms with Crippen LogP contribution in [0.15, 0.2) is 48.5 Å². The number of nitrogens with zero attached hydrogens (tertiary/aromatic N) is 1. The summed E-state index contributed by atoms with van der Waals surface area (Å²) in [5.74, 6) is 0.670. The van der Waals surface area contributed by atoms with Gasteiger partial charge in [-0.15, -0.1) is 0 Å². The molecule has 0 aliphatic rings. The fourth-order valence-corrected chi connectivity index (χ4v) is 2.37. The average molecular weight is 346 g/mol. The van der Waals surface area contributed by atoms with Crippen molar-refractivity contribution in [3.63, 3.8) is 0 Å². The quantitative estimate of drug-likeness (QED) is 0.798. The minimum absolute atomic E-state index is 0.0284. The maximum Gasteiger partial charge on any atom is 0.258 e. The van der Waals surface area contributed by atoms with Crippen molar-refractivity contribution in [2.75, 3.05) is 34.4 Å². The van der Waals surface area contributed by atoms with Crippen LogP contribution in [0, 0.1) is 5.82 Å². The van der Waals surface area contributed by atoms with Gasteiger partial charge in [-0.05, 0) is 56.1 Å². The Hall–Kier alpha value is -2.60. The highest BCUT2D eigenvalue weighted by atomic mass is 19.1. The maximum absolute atomic E-state index is 12.8. The Morgan fingerprint density at radius 2 is 1.68 bits per heavy atom. The minimum atomic E-state index is -0.342. The van der Waals surface area contributed by atoms with Gasteiger partial charge < -0.3 is 19.7 Å². The van der Waals surface area contributed by atoms with Gasteiger partial charge in [-0.1, -0.05) is 12.1 Å². The lowest BCUT2D eigenvalue weighted by molar-refractivity contribution is -0.123. The molecule has 2 aromatic carbocycles. The summed E-state index contributed by atoms with van der Waals surface area (Å²) in [7, 11) is 5.53. The van der Waals surface area contributed by atoms with Crippen LogP contribution in [-0.4, -0.2) is 45.2 Å². The van der Waals surface area contributed by atoms with Crippen LogP contribution in [0.25, 0.3) is 0 Å². The standard InChI is InChI=1S/C19H23FN2O3/c1-22(2)18(14-4-8-16(24-3)9-5-14)12-21-19(23)13-25-17-10-6-15(20)7-11-17/h4-11,18H,12-13H2,1-3H3,(H,21,23)/t18-/m1/s1. The van der Waals surface area contributed by atoms with Gasteiger partial charge in [0.2, 0.25) is 0 Å². The molecule has 1 amide bonds. The third-order valence-electron chi connectivity index (χ3n) is 3.80. The SMILES string of the molecule is COc1ccc([C@@H](CNC(=O)COc2ccc(F)cc2)N(C)C)cc1. The molecule has 2 aromatic rings. The first-order valence-electron chi connectivity index (χ1n) is 7.95. The molecule has 0 fully saturated rings. The van der Waals surface area contributed by atoms with Crippen LogP contribution < -0.4 is 14.8 Å². The van der Waals surface area contributed by atoms with E-state index in [4.69, 9.17) is 9.47 Å². The van der Waals surface area contributed by atoms with Gasteiger partial charge in [0.1, 0.15) is 17.3 Å². The van der Waals surface area contributed by atoms with Gasteiger partial charge in [-0.25, -0.2) is 4.39 Å². The molecule has 0 aliphatic carbocycles. The lowest BCUT2D eigenvalue weighted by atomic mass is 10.1. The summed E-state index contributed by atoms with van der Waals surface area (Å²) in [5, 5.41) is 2.86. The summed E-state index contributed by atoms with van der Waals surface area (Å²) in [4.78, 5) is 14.0. The molecular formula is C19H23FN2O3. The number of benzene rings is 2. The van der Waals surface area contributed by atoms with Crippen molar-refractivity contribution in [1.82, 2.24) is 10.2 Å². The van der Waals surface area contributed by atoms with Crippen LogP contribution in [0.4, 0.5) is 4.39 Å². The zero-order chi connectivity index (χ0) is 18.2. The first-order valence-corrected chi connectivity index (χ1v) is 7.95. The van der Waals surface area contributed by atoms with Gasteiger partial charge in [0.15, 0.2) is 6.61 Å². The molecule has 0 radical (unpaired) electrons. The van der Waals surface area contributed by atoms with E-state index in [2.05, 4.69) is 5.32 Å². The highest BCUT2D eigenvalue weighted by Gasteiger charge is 2.15. The predicted octanol–water partition coefficient (Wildman–Crippen LogP) is 2.63. The number of hydrogen-bond acceptors (Lipinski definition) is 4. The molecule has 0 spiro atoms. The van der Waals surface area contributed by atoms with E-state index < -0.39 is 0 Å². The molecule has 0 heterocycles. The van der Waals surface area contributed by atoms with E-state index in [0.29, 0.717) is 12.3 Å². The van der Waals surface area contributed by atoms with Gasteiger partial charge in [0.05, 0.1) is 13.2 Å². The topological polar surface area (TPSA) is 50.8 Å². The molecule has 1 atom stereocenters. The van der Waals surface area contributed by atoms with Crippen LogP contribution in [0.3, 0.4) is 0 Å². The molecule has 2 rings (SSSR count). The Kier molecular flexibility index (Phi) is 6.77. The summed E-state index contributed by atoms with van der Waals surface area (Å²) in [6.45, 7) is 0.333. The Labute approximate surface area is 147 Å². The molecule has 25 heavy (non-hydrogen) atoms. The van der Waals surface area contributed by atoms with Gasteiger partial charge in [0.25, 0.3) is 5.91 Å². The second-order valence-electron chi connectivity index (χ2n) is 5.80. The van der Waals surface area contributed by atoms with Crippen molar-refractivity contribution in [3.05, 3.63) is 59.9 Å². The molecule has 0 aliphatic heterocycles. The molecule has 0 aromatic heterocycles. The number of carbonyl (C=O) groups excluding carboxylic acids is 1. The van der Waals surface area contributed by atoms with Gasteiger partial charge >= 0.3 is 0 Å². The van der Waals surface area contributed by atoms with Gasteiger partial charge in [-0.2, -0.15) is 0 Å². The van der Waals surface area contributed by atoms with Crippen LogP contribution >= 0.6 is 0 Å². The van der Waals surface area contributed by atoms with Crippen molar-refractivity contribution in [1.29, 1.82) is 0 Å². The summed E-state index contributed by atoms with van der Waals surface area (Å²) in [6, 6.07) is 13.3. The van der Waals surface area contributed by atoms with E-state index in [1.165, 1.54) is 24.3 Å². The Bertz CT molecular complexity index is 672. The zero-order valence-electron chi connectivity index (χ0n) is 14.7. The van der Waals surface area contributed by atoms with E-state index in [-0.39, 0.29) is 24.4 Å². The van der Waals surface area contributed by atoms with Crippen molar-refractivity contribution >= 4 is 5.91 Å². The number of nitrogens with one attached hydrogen (secondary N) is 1. The smallest absolute Gasteiger partial charge is 0.258 e. The lowest BCUT2D eigenvalue weighted by Crippen LogP contribution is -2.36. The molecule has 0 unspecified atom stereocenters. The number of amides is 1. The predicted molar refractivity (Wildman–Crippen MR) is 94.3 cm³/mol. The second kappa shape index (κ2) is 9.03. The normalized spacial score (nSPS) is 11.9. The minimum Gasteiger partial charge on any atom is -0.497 e. The summed E-state index contributed by atoms with van der Waals surface area (Å²) in [6.07, 6.45) is 0. The van der Waals surface area contributed by atoms with E-state index >= 15 is 0 Å². The van der Waals surface area contributed by atoms with E-state index in [9.17, 15) is 9.18 Å². The molecule has 1 N–H and O–H groups in total. The fraction of sp³-hybridized carbons (Fsp3) is 0.316. The van der Waals surface area contributed by atoms with Crippen molar-refractivity contribution in [3.8, 4) is 11.5 Å². The number of halogens is 1. The van der Waals surface area contributed by atoms with Gasteiger partial charge in [-0.3, -0.25) is 4.79 Å². The number of likely N-dealkylation sites (N-methyl/N-ethyl adjacent to an activating group) is 1. The first-order chi connectivity index (χ1) is 12.0. The lowest BCUT2D eigenvalue weighted by Gasteiger charge is -2.25. The van der Waals surface area contributed by atoms with Crippen molar-refractivity contribution in [2.24, 2.45) is 0 Å². The van der Waals surface area contributed by atoms with E-state index in [1.54, 1.807) is 7.11 Å². The number of rotatable bonds is 8. The second-order valence-corrected chi connectivity index (χ2v) is 5.80.